The molecule has 10 aromatic rings. The van der Waals surface area contributed by atoms with Crippen LogP contribution in [0.25, 0.3) is 71.9 Å². The number of hydrogen-bond acceptors (Lipinski definition) is 2. The summed E-state index contributed by atoms with van der Waals surface area (Å²) in [5, 5.41) is 9.83. The first-order valence-corrected chi connectivity index (χ1v) is 19.9. The third-order valence-corrected chi connectivity index (χ3v) is 10.2. The Kier molecular flexibility index (Phi) is 11.4. The molecule has 0 fully saturated rings. The highest BCUT2D eigenvalue weighted by Gasteiger charge is 2.13. The van der Waals surface area contributed by atoms with Crippen LogP contribution in [0.15, 0.2) is 205 Å². The minimum absolute atomic E-state index is 1.01. The summed E-state index contributed by atoms with van der Waals surface area (Å²) in [6.07, 6.45) is 6.50. The van der Waals surface area contributed by atoms with Gasteiger partial charge in [-0.25, -0.2) is 0 Å². The number of hydrogen-bond donors (Lipinski definition) is 2. The maximum atomic E-state index is 5.70. The lowest BCUT2D eigenvalue weighted by atomic mass is 10.0. The molecule has 2 N–H and O–H groups in total. The highest BCUT2D eigenvalue weighted by atomic mass is 16.3. The molecule has 2 aromatic heterocycles. The predicted molar refractivity (Wildman–Crippen MR) is 245 cm³/mol. The first kappa shape index (κ1) is 36.9. The molecule has 0 atom stereocenters. The molecule has 1 aliphatic rings. The van der Waals surface area contributed by atoms with Crippen molar-refractivity contribution in [1.29, 1.82) is 0 Å². The topological polar surface area (TPSA) is 41.0 Å². The fourth-order valence-corrected chi connectivity index (χ4v) is 7.40. The molecule has 0 unspecified atom stereocenters. The summed E-state index contributed by atoms with van der Waals surface area (Å²) >= 11 is 0. The summed E-state index contributed by atoms with van der Waals surface area (Å²) < 4.78 is 5.70. The molecule has 1 aliphatic carbocycles. The number of anilines is 2. The summed E-state index contributed by atoms with van der Waals surface area (Å²) in [4.78, 5) is 3.50. The van der Waals surface area contributed by atoms with Gasteiger partial charge in [-0.3, -0.25) is 0 Å². The van der Waals surface area contributed by atoms with Gasteiger partial charge in [-0.05, 0) is 100 Å². The fourth-order valence-electron chi connectivity index (χ4n) is 7.40. The van der Waals surface area contributed by atoms with E-state index in [4.69, 9.17) is 4.42 Å². The number of aryl methyl sites for hydroxylation is 1. The molecule has 278 valence electrons. The quantitative estimate of drug-likeness (QED) is 0.189. The lowest BCUT2D eigenvalue weighted by Gasteiger charge is -2.09. The average molecular weight is 739 g/mol. The van der Waals surface area contributed by atoms with Gasteiger partial charge in [0.2, 0.25) is 0 Å². The Morgan fingerprint density at radius 1 is 0.456 bits per heavy atom. The number of benzene rings is 8. The lowest BCUT2D eigenvalue weighted by molar-refractivity contribution is 0.595. The molecule has 0 bridgehead atoms. The van der Waals surface area contributed by atoms with Gasteiger partial charge in [0.1, 0.15) is 11.3 Å². The third-order valence-electron chi connectivity index (χ3n) is 10.2. The summed E-state index contributed by atoms with van der Waals surface area (Å²) in [5.74, 6) is 1.05. The molecule has 3 heteroatoms. The Morgan fingerprint density at radius 3 is 1.79 bits per heavy atom. The van der Waals surface area contributed by atoms with Crippen LogP contribution < -0.4 is 5.32 Å². The number of aromatic amines is 1. The van der Waals surface area contributed by atoms with Crippen molar-refractivity contribution in [3.05, 3.63) is 212 Å². The fraction of sp³-hybridized carbons (Fsp3) is 0.0741. The van der Waals surface area contributed by atoms with Gasteiger partial charge >= 0.3 is 0 Å². The Labute approximate surface area is 335 Å². The Bertz CT molecular complexity index is 2840. The summed E-state index contributed by atoms with van der Waals surface area (Å²) in [5.41, 5.74) is 11.9. The van der Waals surface area contributed by atoms with E-state index in [-0.39, 0.29) is 0 Å². The average Bonchev–Trinajstić information content (AvgIpc) is 3.87. The molecule has 0 amide bonds. The van der Waals surface area contributed by atoms with Crippen molar-refractivity contribution >= 4 is 61.0 Å². The van der Waals surface area contributed by atoms with Crippen LogP contribution in [-0.4, -0.2) is 4.98 Å². The Morgan fingerprint density at radius 2 is 1.04 bits per heavy atom. The standard InChI is InChI=1S/C28H20N2.C12H10O.C12H10.C2H6/c1-2-6-21-17-24(15-11-19(21)5-1)29-23-13-9-20(10-14-23)22-12-16-28-26(18-22)25-7-3-4-8-27(25)30-28;1-3-7-11-9(5-1)10-6-2-4-8-12(10)13-11;1-3-7-11(8-4-1)12-9-5-2-6-10-12;1-2/h1-18,29-30H;1,3-5,7-8H,2,6H2;1-10H;1-2H3. The summed E-state index contributed by atoms with van der Waals surface area (Å²) in [6, 6.07) is 67.7. The minimum Gasteiger partial charge on any atom is -0.456 e. The van der Waals surface area contributed by atoms with Crippen LogP contribution in [0, 0.1) is 0 Å². The maximum Gasteiger partial charge on any atom is 0.135 e. The van der Waals surface area contributed by atoms with E-state index in [9.17, 15) is 0 Å². The monoisotopic (exact) mass is 738 g/mol. The zero-order valence-corrected chi connectivity index (χ0v) is 32.5. The van der Waals surface area contributed by atoms with Gasteiger partial charge in [0.25, 0.3) is 0 Å². The number of aromatic nitrogens is 1. The van der Waals surface area contributed by atoms with E-state index >= 15 is 0 Å². The van der Waals surface area contributed by atoms with Crippen LogP contribution in [0.2, 0.25) is 0 Å². The van der Waals surface area contributed by atoms with E-state index in [2.05, 4.69) is 192 Å². The first-order valence-electron chi connectivity index (χ1n) is 19.9. The van der Waals surface area contributed by atoms with E-state index in [1.54, 1.807) is 0 Å². The second-order valence-corrected chi connectivity index (χ2v) is 13.8. The molecule has 2 heterocycles. The van der Waals surface area contributed by atoms with Gasteiger partial charge in [-0.2, -0.15) is 0 Å². The number of nitrogens with one attached hydrogen (secondary N) is 2. The Balaban J connectivity index is 0.000000138. The lowest BCUT2D eigenvalue weighted by Crippen LogP contribution is -1.90. The van der Waals surface area contributed by atoms with Crippen LogP contribution in [-0.2, 0) is 6.42 Å². The van der Waals surface area contributed by atoms with Gasteiger partial charge in [-0.15, -0.1) is 0 Å². The Hall–Kier alpha value is -7.10. The van der Waals surface area contributed by atoms with E-state index in [1.807, 2.05) is 38.1 Å². The number of fused-ring (bicyclic) bond motifs is 7. The van der Waals surface area contributed by atoms with Crippen LogP contribution in [0.4, 0.5) is 11.4 Å². The van der Waals surface area contributed by atoms with Gasteiger partial charge < -0.3 is 14.7 Å². The summed E-state index contributed by atoms with van der Waals surface area (Å²) in [6.45, 7) is 4.00. The number of furan rings is 1. The molecular weight excluding hydrogens is 693 g/mol. The molecule has 3 nitrogen and oxygen atoms in total. The second kappa shape index (κ2) is 17.6. The molecule has 0 saturated carbocycles. The van der Waals surface area contributed by atoms with Gasteiger partial charge in [0.15, 0.2) is 0 Å². The van der Waals surface area contributed by atoms with E-state index in [0.29, 0.717) is 0 Å². The van der Waals surface area contributed by atoms with Gasteiger partial charge in [-0.1, -0.05) is 166 Å². The van der Waals surface area contributed by atoms with Crippen LogP contribution in [0.3, 0.4) is 0 Å². The van der Waals surface area contributed by atoms with Crippen molar-refractivity contribution in [3.8, 4) is 22.3 Å². The van der Waals surface area contributed by atoms with Crippen molar-refractivity contribution in [2.24, 2.45) is 0 Å². The number of H-pyrrole nitrogens is 1. The van der Waals surface area contributed by atoms with Crippen molar-refractivity contribution in [2.45, 2.75) is 26.7 Å². The molecule has 0 aliphatic heterocycles. The number of para-hydroxylation sites is 2. The molecule has 0 radical (unpaired) electrons. The van der Waals surface area contributed by atoms with Gasteiger partial charge in [0, 0.05) is 44.1 Å². The molecule has 11 rings (SSSR count). The van der Waals surface area contributed by atoms with Crippen LogP contribution in [0.1, 0.15) is 31.6 Å². The zero-order chi connectivity index (χ0) is 38.8. The third kappa shape index (κ3) is 8.44. The van der Waals surface area contributed by atoms with Crippen LogP contribution >= 0.6 is 0 Å². The summed E-state index contributed by atoms with van der Waals surface area (Å²) in [7, 11) is 0. The molecular formula is C54H46N2O. The highest BCUT2D eigenvalue weighted by Crippen LogP contribution is 2.32. The predicted octanol–water partition coefficient (Wildman–Crippen LogP) is 15.7. The molecule has 0 spiro atoms. The number of allylic oxidation sites excluding steroid dienone is 1. The largest absolute Gasteiger partial charge is 0.456 e. The van der Waals surface area contributed by atoms with Crippen molar-refractivity contribution < 1.29 is 4.42 Å². The number of rotatable bonds is 4. The minimum atomic E-state index is 1.01. The van der Waals surface area contributed by atoms with E-state index in [0.717, 1.165) is 35.6 Å². The van der Waals surface area contributed by atoms with Crippen LogP contribution in [0.5, 0.6) is 0 Å². The normalized spacial score (nSPS) is 11.5. The van der Waals surface area contributed by atoms with E-state index in [1.165, 1.54) is 65.8 Å². The maximum absolute atomic E-state index is 5.70. The molecule has 8 aromatic carbocycles. The zero-order valence-electron chi connectivity index (χ0n) is 32.5. The van der Waals surface area contributed by atoms with Crippen molar-refractivity contribution in [1.82, 2.24) is 4.98 Å². The SMILES string of the molecule is C1=Cc2oc3ccccc3c2CC1.CC.c1ccc(-c2ccccc2)cc1.c1ccc2cc(Nc3ccc(-c4ccc5[nH]c6ccccc6c5c4)cc3)ccc2c1. The first-order chi connectivity index (χ1) is 28.2. The van der Waals surface area contributed by atoms with Gasteiger partial charge in [0.05, 0.1) is 0 Å². The molecule has 0 saturated heterocycles. The molecule has 57 heavy (non-hydrogen) atoms. The van der Waals surface area contributed by atoms with E-state index < -0.39 is 0 Å². The second-order valence-electron chi connectivity index (χ2n) is 13.8. The van der Waals surface area contributed by atoms with Crippen molar-refractivity contribution in [3.63, 3.8) is 0 Å². The smallest absolute Gasteiger partial charge is 0.135 e. The van der Waals surface area contributed by atoms with Crippen molar-refractivity contribution in [2.75, 3.05) is 5.32 Å². The highest BCUT2D eigenvalue weighted by molar-refractivity contribution is 6.08.